The molecule has 128 valence electrons. The second kappa shape index (κ2) is 9.17. The molecule has 24 heavy (non-hydrogen) atoms. The van der Waals surface area contributed by atoms with Crippen molar-refractivity contribution < 1.29 is 19.8 Å². The van der Waals surface area contributed by atoms with Crippen LogP contribution in [0.5, 0.6) is 11.5 Å². The standard InChI is InChI=1S/C19H23NO4/c1-14(12-20-23)11-16(13-21)19(22)15-7-9-18(10-8-15)24-17-5-3-2-4-6-17/h2-10,14,16,20-21,23H,11-13H2,1H3/t14-,16-/m0/s1. The number of benzene rings is 2. The zero-order valence-electron chi connectivity index (χ0n) is 13.7. The summed E-state index contributed by atoms with van der Waals surface area (Å²) in [6, 6.07) is 16.3. The summed E-state index contributed by atoms with van der Waals surface area (Å²) in [4.78, 5) is 12.5. The van der Waals surface area contributed by atoms with E-state index in [9.17, 15) is 9.90 Å². The number of hydrogen-bond donors (Lipinski definition) is 3. The van der Waals surface area contributed by atoms with Crippen molar-refractivity contribution in [2.45, 2.75) is 13.3 Å². The van der Waals surface area contributed by atoms with Gasteiger partial charge in [-0.2, -0.15) is 0 Å². The Morgan fingerprint density at radius 3 is 2.29 bits per heavy atom. The summed E-state index contributed by atoms with van der Waals surface area (Å²) < 4.78 is 5.70. The molecule has 0 bridgehead atoms. The minimum absolute atomic E-state index is 0.0804. The molecule has 3 N–H and O–H groups in total. The predicted octanol–water partition coefficient (Wildman–Crippen LogP) is 3.28. The molecule has 0 radical (unpaired) electrons. The maximum absolute atomic E-state index is 12.5. The lowest BCUT2D eigenvalue weighted by Crippen LogP contribution is -2.25. The smallest absolute Gasteiger partial charge is 0.168 e. The van der Waals surface area contributed by atoms with Crippen molar-refractivity contribution in [3.05, 3.63) is 60.2 Å². The van der Waals surface area contributed by atoms with Gasteiger partial charge in [0, 0.05) is 18.0 Å². The van der Waals surface area contributed by atoms with E-state index in [1.54, 1.807) is 24.3 Å². The summed E-state index contributed by atoms with van der Waals surface area (Å²) >= 11 is 0. The Bertz CT molecular complexity index is 628. The van der Waals surface area contributed by atoms with E-state index in [1.807, 2.05) is 37.3 Å². The van der Waals surface area contributed by atoms with Crippen molar-refractivity contribution in [2.24, 2.45) is 11.8 Å². The monoisotopic (exact) mass is 329 g/mol. The second-order valence-electron chi connectivity index (χ2n) is 5.89. The van der Waals surface area contributed by atoms with Crippen LogP contribution in [0.25, 0.3) is 0 Å². The van der Waals surface area contributed by atoms with Crippen LogP contribution in [0.2, 0.25) is 0 Å². The molecule has 0 aromatic heterocycles. The maximum atomic E-state index is 12.5. The van der Waals surface area contributed by atoms with Crippen LogP contribution in [-0.2, 0) is 0 Å². The van der Waals surface area contributed by atoms with Gasteiger partial charge in [-0.25, -0.2) is 5.48 Å². The quantitative estimate of drug-likeness (QED) is 0.486. The molecule has 2 aromatic rings. The third kappa shape index (κ3) is 5.16. The highest BCUT2D eigenvalue weighted by atomic mass is 16.5. The number of ether oxygens (including phenoxy) is 1. The van der Waals surface area contributed by atoms with Crippen molar-refractivity contribution in [2.75, 3.05) is 13.2 Å². The molecule has 5 nitrogen and oxygen atoms in total. The van der Waals surface area contributed by atoms with Crippen LogP contribution in [0.15, 0.2) is 54.6 Å². The van der Waals surface area contributed by atoms with Crippen molar-refractivity contribution >= 4 is 5.78 Å². The number of rotatable bonds is 9. The second-order valence-corrected chi connectivity index (χ2v) is 5.89. The SMILES string of the molecule is C[C@H](CNO)C[C@@H](CO)C(=O)c1ccc(Oc2ccccc2)cc1. The summed E-state index contributed by atoms with van der Waals surface area (Å²) in [5.41, 5.74) is 2.64. The van der Waals surface area contributed by atoms with Gasteiger partial charge in [-0.1, -0.05) is 25.1 Å². The zero-order valence-corrected chi connectivity index (χ0v) is 13.7. The van der Waals surface area contributed by atoms with E-state index >= 15 is 0 Å². The summed E-state index contributed by atoms with van der Waals surface area (Å²) in [6.07, 6.45) is 0.505. The lowest BCUT2D eigenvalue weighted by Gasteiger charge is -2.17. The van der Waals surface area contributed by atoms with E-state index in [-0.39, 0.29) is 18.3 Å². The number of para-hydroxylation sites is 1. The number of hydrogen-bond acceptors (Lipinski definition) is 5. The Morgan fingerprint density at radius 2 is 1.71 bits per heavy atom. The van der Waals surface area contributed by atoms with Crippen molar-refractivity contribution in [1.29, 1.82) is 0 Å². The number of aliphatic hydroxyl groups excluding tert-OH is 1. The van der Waals surface area contributed by atoms with Gasteiger partial charge in [-0.3, -0.25) is 4.79 Å². The highest BCUT2D eigenvalue weighted by Gasteiger charge is 2.21. The van der Waals surface area contributed by atoms with Gasteiger partial charge in [-0.05, 0) is 48.7 Å². The summed E-state index contributed by atoms with van der Waals surface area (Å²) in [5.74, 6) is 0.880. The van der Waals surface area contributed by atoms with Gasteiger partial charge in [0.1, 0.15) is 11.5 Å². The number of carbonyl (C=O) groups excluding carboxylic acids is 1. The molecule has 2 aromatic carbocycles. The first-order chi connectivity index (χ1) is 11.6. The highest BCUT2D eigenvalue weighted by Crippen LogP contribution is 2.23. The van der Waals surface area contributed by atoms with Crippen LogP contribution in [0.3, 0.4) is 0 Å². The maximum Gasteiger partial charge on any atom is 0.168 e. The lowest BCUT2D eigenvalue weighted by molar-refractivity contribution is 0.0812. The van der Waals surface area contributed by atoms with Crippen molar-refractivity contribution in [3.63, 3.8) is 0 Å². The van der Waals surface area contributed by atoms with Gasteiger partial charge in [0.05, 0.1) is 6.61 Å². The van der Waals surface area contributed by atoms with Gasteiger partial charge < -0.3 is 15.1 Å². The average Bonchev–Trinajstić information content (AvgIpc) is 2.61. The molecule has 0 aliphatic heterocycles. The number of hydroxylamine groups is 1. The Balaban J connectivity index is 2.01. The number of ketones is 1. The first kappa shape index (κ1) is 18.1. The Hall–Kier alpha value is -2.21. The van der Waals surface area contributed by atoms with E-state index in [2.05, 4.69) is 5.48 Å². The van der Waals surface area contributed by atoms with Gasteiger partial charge in [0.25, 0.3) is 0 Å². The first-order valence-electron chi connectivity index (χ1n) is 7.99. The molecule has 0 aliphatic rings. The molecule has 0 unspecified atom stereocenters. The Kier molecular flexibility index (Phi) is 6.93. The van der Waals surface area contributed by atoms with Crippen LogP contribution in [0.4, 0.5) is 0 Å². The summed E-state index contributed by atoms with van der Waals surface area (Å²) in [7, 11) is 0. The van der Waals surface area contributed by atoms with E-state index in [0.29, 0.717) is 24.3 Å². The number of Topliss-reactive ketones (excluding diaryl/α,β-unsaturated/α-hetero) is 1. The van der Waals surface area contributed by atoms with E-state index < -0.39 is 5.92 Å². The normalized spacial score (nSPS) is 13.3. The number of carbonyl (C=O) groups is 1. The number of nitrogens with one attached hydrogen (secondary N) is 1. The molecule has 0 saturated heterocycles. The van der Waals surface area contributed by atoms with Gasteiger partial charge in [-0.15, -0.1) is 0 Å². The minimum Gasteiger partial charge on any atom is -0.457 e. The van der Waals surface area contributed by atoms with E-state index in [0.717, 1.165) is 5.75 Å². The van der Waals surface area contributed by atoms with Crippen LogP contribution >= 0.6 is 0 Å². The fourth-order valence-electron chi connectivity index (χ4n) is 2.54. The van der Waals surface area contributed by atoms with Crippen molar-refractivity contribution in [1.82, 2.24) is 5.48 Å². The summed E-state index contributed by atoms with van der Waals surface area (Å²) in [5, 5.41) is 18.2. The Labute approximate surface area is 141 Å². The van der Waals surface area contributed by atoms with Crippen LogP contribution in [0, 0.1) is 11.8 Å². The van der Waals surface area contributed by atoms with Gasteiger partial charge in [0.2, 0.25) is 0 Å². The molecule has 0 saturated carbocycles. The predicted molar refractivity (Wildman–Crippen MR) is 91.4 cm³/mol. The third-order valence-electron chi connectivity index (χ3n) is 3.84. The third-order valence-corrected chi connectivity index (χ3v) is 3.84. The molecule has 0 heterocycles. The molecular weight excluding hydrogens is 306 g/mol. The molecule has 0 amide bonds. The molecular formula is C19H23NO4. The van der Waals surface area contributed by atoms with Crippen LogP contribution < -0.4 is 10.2 Å². The first-order valence-corrected chi connectivity index (χ1v) is 7.99. The Morgan fingerprint density at radius 1 is 1.08 bits per heavy atom. The number of aliphatic hydroxyl groups is 1. The van der Waals surface area contributed by atoms with Gasteiger partial charge >= 0.3 is 0 Å². The van der Waals surface area contributed by atoms with Crippen LogP contribution in [0.1, 0.15) is 23.7 Å². The van der Waals surface area contributed by atoms with Crippen molar-refractivity contribution in [3.8, 4) is 11.5 Å². The van der Waals surface area contributed by atoms with E-state index in [1.165, 1.54) is 0 Å². The largest absolute Gasteiger partial charge is 0.457 e. The molecule has 0 aliphatic carbocycles. The fourth-order valence-corrected chi connectivity index (χ4v) is 2.54. The molecule has 0 spiro atoms. The fraction of sp³-hybridized carbons (Fsp3) is 0.316. The molecule has 0 fully saturated rings. The minimum atomic E-state index is -0.478. The average molecular weight is 329 g/mol. The summed E-state index contributed by atoms with van der Waals surface area (Å²) in [6.45, 7) is 2.08. The molecule has 2 rings (SSSR count). The van der Waals surface area contributed by atoms with Gasteiger partial charge in [0.15, 0.2) is 5.78 Å². The van der Waals surface area contributed by atoms with Crippen LogP contribution in [-0.4, -0.2) is 29.2 Å². The highest BCUT2D eigenvalue weighted by molar-refractivity contribution is 5.98. The molecule has 5 heteroatoms. The van der Waals surface area contributed by atoms with E-state index in [4.69, 9.17) is 9.94 Å². The topological polar surface area (TPSA) is 78.8 Å². The molecule has 2 atom stereocenters. The lowest BCUT2D eigenvalue weighted by atomic mass is 9.89. The zero-order chi connectivity index (χ0) is 17.4.